The molecule has 2 rings (SSSR count). The van der Waals surface area contributed by atoms with E-state index in [2.05, 4.69) is 22.2 Å². The molecule has 0 spiro atoms. The van der Waals surface area contributed by atoms with Crippen molar-refractivity contribution in [1.29, 1.82) is 0 Å². The second kappa shape index (κ2) is 8.79. The van der Waals surface area contributed by atoms with Crippen LogP contribution in [0.25, 0.3) is 0 Å². The lowest BCUT2D eigenvalue weighted by Gasteiger charge is -2.33. The fourth-order valence-electron chi connectivity index (χ4n) is 2.80. The Hall–Kier alpha value is -1.73. The second-order valence-corrected chi connectivity index (χ2v) is 5.91. The zero-order chi connectivity index (χ0) is 16.7. The standard InChI is InChI=1S/C16H26N4O3/c1-13-5-3-4-9-19(13)10-8-17-16(22)14-6-7-15(21)20(18-14)11-12-23-2/h6-7,13H,3-5,8-12H2,1-2H3,(H,17,22)/t13-/m1/s1. The number of carbonyl (C=O) groups excluding carboxylic acids is 1. The summed E-state index contributed by atoms with van der Waals surface area (Å²) in [4.78, 5) is 26.2. The van der Waals surface area contributed by atoms with Crippen molar-refractivity contribution in [3.05, 3.63) is 28.2 Å². The molecule has 2 heterocycles. The molecule has 1 aliphatic rings. The third kappa shape index (κ3) is 5.14. The average molecular weight is 322 g/mol. The third-order valence-electron chi connectivity index (χ3n) is 4.23. The highest BCUT2D eigenvalue weighted by Gasteiger charge is 2.18. The van der Waals surface area contributed by atoms with Gasteiger partial charge >= 0.3 is 0 Å². The van der Waals surface area contributed by atoms with E-state index < -0.39 is 0 Å². The Morgan fingerprint density at radius 3 is 2.96 bits per heavy atom. The number of hydrogen-bond acceptors (Lipinski definition) is 5. The predicted molar refractivity (Wildman–Crippen MR) is 87.6 cm³/mol. The Bertz CT molecular complexity index is 573. The van der Waals surface area contributed by atoms with Gasteiger partial charge in [-0.3, -0.25) is 14.5 Å². The summed E-state index contributed by atoms with van der Waals surface area (Å²) < 4.78 is 6.19. The summed E-state index contributed by atoms with van der Waals surface area (Å²) in [5.74, 6) is -0.249. The summed E-state index contributed by atoms with van der Waals surface area (Å²) in [6.45, 7) is 5.47. The van der Waals surface area contributed by atoms with Gasteiger partial charge in [0.1, 0.15) is 5.69 Å². The number of carbonyl (C=O) groups is 1. The molecular weight excluding hydrogens is 296 g/mol. The van der Waals surface area contributed by atoms with Gasteiger partial charge in [-0.25, -0.2) is 4.68 Å². The Labute approximate surface area is 136 Å². The fourth-order valence-corrected chi connectivity index (χ4v) is 2.80. The second-order valence-electron chi connectivity index (χ2n) is 5.91. The van der Waals surface area contributed by atoms with Crippen molar-refractivity contribution >= 4 is 5.91 Å². The van der Waals surface area contributed by atoms with Crippen LogP contribution in [0.4, 0.5) is 0 Å². The van der Waals surface area contributed by atoms with Crippen molar-refractivity contribution in [1.82, 2.24) is 20.0 Å². The quantitative estimate of drug-likeness (QED) is 0.791. The van der Waals surface area contributed by atoms with Gasteiger partial charge in [-0.15, -0.1) is 0 Å². The van der Waals surface area contributed by atoms with Gasteiger partial charge < -0.3 is 10.1 Å². The van der Waals surface area contributed by atoms with Crippen LogP contribution in [0.1, 0.15) is 36.7 Å². The molecule has 1 aromatic rings. The number of aromatic nitrogens is 2. The molecule has 7 heteroatoms. The van der Waals surface area contributed by atoms with Crippen LogP contribution in [0.2, 0.25) is 0 Å². The van der Waals surface area contributed by atoms with E-state index in [0.29, 0.717) is 25.7 Å². The summed E-state index contributed by atoms with van der Waals surface area (Å²) in [7, 11) is 1.56. The molecule has 1 fully saturated rings. The van der Waals surface area contributed by atoms with E-state index in [9.17, 15) is 9.59 Å². The third-order valence-corrected chi connectivity index (χ3v) is 4.23. The van der Waals surface area contributed by atoms with Gasteiger partial charge in [-0.05, 0) is 32.4 Å². The van der Waals surface area contributed by atoms with Crippen LogP contribution in [0.3, 0.4) is 0 Å². The van der Waals surface area contributed by atoms with Gasteiger partial charge in [0.15, 0.2) is 0 Å². The minimum atomic E-state index is -0.249. The van der Waals surface area contributed by atoms with Gasteiger partial charge in [0, 0.05) is 32.3 Å². The van der Waals surface area contributed by atoms with Crippen LogP contribution >= 0.6 is 0 Å². The molecule has 23 heavy (non-hydrogen) atoms. The van der Waals surface area contributed by atoms with Gasteiger partial charge in [0.2, 0.25) is 0 Å². The number of amides is 1. The monoisotopic (exact) mass is 322 g/mol. The summed E-state index contributed by atoms with van der Waals surface area (Å²) >= 11 is 0. The first-order valence-corrected chi connectivity index (χ1v) is 8.21. The lowest BCUT2D eigenvalue weighted by Crippen LogP contribution is -2.42. The zero-order valence-corrected chi connectivity index (χ0v) is 14.0. The first-order chi connectivity index (χ1) is 11.1. The molecular formula is C16H26N4O3. The van der Waals surface area contributed by atoms with Crippen LogP contribution in [0.5, 0.6) is 0 Å². The van der Waals surface area contributed by atoms with Gasteiger partial charge in [0.25, 0.3) is 11.5 Å². The number of nitrogens with one attached hydrogen (secondary N) is 1. The van der Waals surface area contributed by atoms with E-state index >= 15 is 0 Å². The number of likely N-dealkylation sites (tertiary alicyclic amines) is 1. The maximum atomic E-state index is 12.2. The van der Waals surface area contributed by atoms with E-state index in [0.717, 1.165) is 13.1 Å². The molecule has 1 N–H and O–H groups in total. The van der Waals surface area contributed by atoms with Gasteiger partial charge in [0.05, 0.1) is 13.2 Å². The lowest BCUT2D eigenvalue weighted by atomic mass is 10.0. The van der Waals surface area contributed by atoms with Crippen molar-refractivity contribution in [2.75, 3.05) is 33.4 Å². The molecule has 1 atom stereocenters. The molecule has 1 amide bonds. The molecule has 0 aromatic carbocycles. The molecule has 0 aliphatic carbocycles. The van der Waals surface area contributed by atoms with Crippen molar-refractivity contribution in [2.45, 2.75) is 38.8 Å². The topological polar surface area (TPSA) is 76.5 Å². The molecule has 0 bridgehead atoms. The normalized spacial score (nSPS) is 18.8. The Balaban J connectivity index is 1.86. The molecule has 7 nitrogen and oxygen atoms in total. The minimum Gasteiger partial charge on any atom is -0.383 e. The van der Waals surface area contributed by atoms with Crippen molar-refractivity contribution in [3.63, 3.8) is 0 Å². The highest BCUT2D eigenvalue weighted by molar-refractivity contribution is 5.91. The number of hydrogen-bond donors (Lipinski definition) is 1. The average Bonchev–Trinajstić information content (AvgIpc) is 2.55. The first kappa shape index (κ1) is 17.6. The predicted octanol–water partition coefficient (Wildman–Crippen LogP) is 0.494. The van der Waals surface area contributed by atoms with E-state index in [-0.39, 0.29) is 17.2 Å². The van der Waals surface area contributed by atoms with E-state index in [4.69, 9.17) is 4.74 Å². The van der Waals surface area contributed by atoms with E-state index in [1.807, 2.05) is 0 Å². The highest BCUT2D eigenvalue weighted by atomic mass is 16.5. The van der Waals surface area contributed by atoms with Crippen molar-refractivity contribution < 1.29 is 9.53 Å². The molecule has 0 radical (unpaired) electrons. The SMILES string of the molecule is COCCn1nc(C(=O)NCCN2CCCC[C@H]2C)ccc1=O. The van der Waals surface area contributed by atoms with E-state index in [1.54, 1.807) is 7.11 Å². The fraction of sp³-hybridized carbons (Fsp3) is 0.688. The summed E-state index contributed by atoms with van der Waals surface area (Å²) in [6, 6.07) is 3.41. The molecule has 0 unspecified atom stereocenters. The summed E-state index contributed by atoms with van der Waals surface area (Å²) in [6.07, 6.45) is 3.74. The molecule has 0 saturated carbocycles. The Morgan fingerprint density at radius 2 is 2.22 bits per heavy atom. The number of rotatable bonds is 7. The smallest absolute Gasteiger partial charge is 0.271 e. The largest absolute Gasteiger partial charge is 0.383 e. The zero-order valence-electron chi connectivity index (χ0n) is 14.0. The Kier molecular flexibility index (Phi) is 6.73. The van der Waals surface area contributed by atoms with Gasteiger partial charge in [-0.2, -0.15) is 5.10 Å². The first-order valence-electron chi connectivity index (χ1n) is 8.21. The van der Waals surface area contributed by atoms with Crippen LogP contribution < -0.4 is 10.9 Å². The summed E-state index contributed by atoms with van der Waals surface area (Å²) in [5, 5.41) is 6.97. The maximum absolute atomic E-state index is 12.2. The van der Waals surface area contributed by atoms with Gasteiger partial charge in [-0.1, -0.05) is 6.42 Å². The van der Waals surface area contributed by atoms with Crippen LogP contribution in [0, 0.1) is 0 Å². The molecule has 1 aromatic heterocycles. The van der Waals surface area contributed by atoms with Crippen molar-refractivity contribution in [2.24, 2.45) is 0 Å². The summed E-state index contributed by atoms with van der Waals surface area (Å²) in [5.41, 5.74) is 0.0214. The highest BCUT2D eigenvalue weighted by Crippen LogP contribution is 2.15. The molecule has 128 valence electrons. The maximum Gasteiger partial charge on any atom is 0.271 e. The minimum absolute atomic E-state index is 0.235. The number of piperidine rings is 1. The van der Waals surface area contributed by atoms with Crippen LogP contribution in [-0.2, 0) is 11.3 Å². The van der Waals surface area contributed by atoms with E-state index in [1.165, 1.54) is 36.1 Å². The lowest BCUT2D eigenvalue weighted by molar-refractivity contribution is 0.0930. The van der Waals surface area contributed by atoms with Crippen molar-refractivity contribution in [3.8, 4) is 0 Å². The van der Waals surface area contributed by atoms with Crippen LogP contribution in [-0.4, -0.2) is 60.0 Å². The number of methoxy groups -OCH3 is 1. The molecule has 1 saturated heterocycles. The number of nitrogens with zero attached hydrogens (tertiary/aromatic N) is 3. The van der Waals surface area contributed by atoms with Crippen LogP contribution in [0.15, 0.2) is 16.9 Å². The Morgan fingerprint density at radius 1 is 1.39 bits per heavy atom. The number of ether oxygens (including phenoxy) is 1. The molecule has 1 aliphatic heterocycles.